The van der Waals surface area contributed by atoms with Crippen LogP contribution < -0.4 is 4.74 Å². The summed E-state index contributed by atoms with van der Waals surface area (Å²) in [5.74, 6) is -2.30. The number of halogens is 2. The molecule has 1 saturated carbocycles. The van der Waals surface area contributed by atoms with Gasteiger partial charge in [0.2, 0.25) is 0 Å². The molecule has 0 saturated heterocycles. The molecule has 1 fully saturated rings. The highest BCUT2D eigenvalue weighted by molar-refractivity contribution is 5.79. The Morgan fingerprint density at radius 3 is 2.89 bits per heavy atom. The molecule has 3 nitrogen and oxygen atoms in total. The first kappa shape index (κ1) is 11.4. The number of ether oxygens (including phenoxy) is 2. The summed E-state index contributed by atoms with van der Waals surface area (Å²) >= 11 is 0. The van der Waals surface area contributed by atoms with E-state index in [0.29, 0.717) is 0 Å². The molecule has 0 N–H and O–H groups in total. The molecule has 1 aromatic rings. The van der Waals surface area contributed by atoms with Gasteiger partial charge in [0.15, 0.2) is 11.6 Å². The molecule has 0 radical (unpaired) electrons. The fourth-order valence-corrected chi connectivity index (χ4v) is 2.72. The Bertz CT molecular complexity index is 515. The summed E-state index contributed by atoms with van der Waals surface area (Å²) in [6.07, 6.45) is 0. The molecule has 1 aromatic carbocycles. The summed E-state index contributed by atoms with van der Waals surface area (Å²) < 4.78 is 37.4. The smallest absolute Gasteiger partial charge is 0.309 e. The molecule has 1 aliphatic carbocycles. The van der Waals surface area contributed by atoms with Crippen molar-refractivity contribution in [3.05, 3.63) is 29.3 Å². The second kappa shape index (κ2) is 3.93. The minimum atomic E-state index is -0.584. The van der Waals surface area contributed by atoms with E-state index in [1.807, 2.05) is 0 Å². The molecule has 3 unspecified atom stereocenters. The molecule has 0 amide bonds. The predicted octanol–water partition coefficient (Wildman–Crippen LogP) is 2.25. The van der Waals surface area contributed by atoms with E-state index in [9.17, 15) is 13.6 Å². The van der Waals surface area contributed by atoms with Crippen molar-refractivity contribution in [3.8, 4) is 5.75 Å². The fraction of sp³-hybridized carbons (Fsp3) is 0.462. The number of fused-ring (bicyclic) bond motifs is 3. The Morgan fingerprint density at radius 1 is 1.44 bits per heavy atom. The van der Waals surface area contributed by atoms with E-state index >= 15 is 0 Å². The van der Waals surface area contributed by atoms with Crippen LogP contribution in [0, 0.1) is 23.5 Å². The average molecular weight is 254 g/mol. The molecule has 3 atom stereocenters. The molecule has 18 heavy (non-hydrogen) atoms. The highest BCUT2D eigenvalue weighted by Crippen LogP contribution is 2.60. The van der Waals surface area contributed by atoms with Crippen LogP contribution in [0.25, 0.3) is 0 Å². The zero-order valence-electron chi connectivity index (χ0n) is 9.78. The van der Waals surface area contributed by atoms with Crippen LogP contribution in [0.3, 0.4) is 0 Å². The van der Waals surface area contributed by atoms with E-state index < -0.39 is 17.6 Å². The van der Waals surface area contributed by atoms with E-state index in [2.05, 4.69) is 0 Å². The van der Waals surface area contributed by atoms with Gasteiger partial charge in [-0.05, 0) is 19.1 Å². The van der Waals surface area contributed by atoms with Crippen LogP contribution in [0.15, 0.2) is 12.1 Å². The maximum atomic E-state index is 13.8. The summed E-state index contributed by atoms with van der Waals surface area (Å²) in [6.45, 7) is 2.24. The standard InChI is InChI=1S/C13H12F2O3/c1-2-17-13(16)10-6-5-18-12-8(15)4-3-7(14)11(12)9(6)10/h3-4,6,9-10H,2,5H2,1H3. The van der Waals surface area contributed by atoms with Crippen molar-refractivity contribution in [2.75, 3.05) is 13.2 Å². The summed E-state index contributed by atoms with van der Waals surface area (Å²) in [4.78, 5) is 11.7. The fourth-order valence-electron chi connectivity index (χ4n) is 2.72. The third kappa shape index (κ3) is 1.50. The zero-order chi connectivity index (χ0) is 12.9. The van der Waals surface area contributed by atoms with E-state index in [4.69, 9.17) is 9.47 Å². The van der Waals surface area contributed by atoms with Gasteiger partial charge in [-0.2, -0.15) is 0 Å². The van der Waals surface area contributed by atoms with Gasteiger partial charge >= 0.3 is 5.97 Å². The lowest BCUT2D eigenvalue weighted by molar-refractivity contribution is -0.145. The van der Waals surface area contributed by atoms with Crippen molar-refractivity contribution in [2.24, 2.45) is 11.8 Å². The lowest BCUT2D eigenvalue weighted by Crippen LogP contribution is -2.12. The Labute approximate surface area is 103 Å². The summed E-state index contributed by atoms with van der Waals surface area (Å²) in [5.41, 5.74) is 0.185. The van der Waals surface area contributed by atoms with E-state index in [0.717, 1.165) is 12.1 Å². The Balaban J connectivity index is 1.95. The number of hydrogen-bond acceptors (Lipinski definition) is 3. The van der Waals surface area contributed by atoms with Crippen molar-refractivity contribution in [2.45, 2.75) is 12.8 Å². The van der Waals surface area contributed by atoms with Gasteiger partial charge in [0, 0.05) is 17.4 Å². The number of benzene rings is 1. The first-order valence-corrected chi connectivity index (χ1v) is 5.92. The summed E-state index contributed by atoms with van der Waals surface area (Å²) in [6, 6.07) is 2.11. The quantitative estimate of drug-likeness (QED) is 0.759. The van der Waals surface area contributed by atoms with Crippen LogP contribution in [-0.4, -0.2) is 19.2 Å². The number of rotatable bonds is 2. The van der Waals surface area contributed by atoms with Crippen LogP contribution in [0.4, 0.5) is 8.78 Å². The SMILES string of the molecule is CCOC(=O)C1C2COc3c(F)ccc(F)c3C21. The largest absolute Gasteiger partial charge is 0.490 e. The Morgan fingerprint density at radius 2 is 2.17 bits per heavy atom. The maximum absolute atomic E-state index is 13.8. The van der Waals surface area contributed by atoms with Crippen LogP contribution in [0.1, 0.15) is 18.4 Å². The van der Waals surface area contributed by atoms with Crippen molar-refractivity contribution < 1.29 is 23.0 Å². The van der Waals surface area contributed by atoms with Gasteiger partial charge in [0.05, 0.1) is 19.1 Å². The van der Waals surface area contributed by atoms with Crippen LogP contribution >= 0.6 is 0 Å². The van der Waals surface area contributed by atoms with E-state index in [-0.39, 0.29) is 42.3 Å². The monoisotopic (exact) mass is 254 g/mol. The lowest BCUT2D eigenvalue weighted by atomic mass is 10.0. The van der Waals surface area contributed by atoms with Gasteiger partial charge in [-0.25, -0.2) is 8.78 Å². The molecule has 1 heterocycles. The molecule has 3 rings (SSSR count). The van der Waals surface area contributed by atoms with Crippen molar-refractivity contribution in [1.29, 1.82) is 0 Å². The van der Waals surface area contributed by atoms with Crippen molar-refractivity contribution >= 4 is 5.97 Å². The van der Waals surface area contributed by atoms with Gasteiger partial charge in [0.25, 0.3) is 0 Å². The van der Waals surface area contributed by atoms with E-state index in [1.54, 1.807) is 6.92 Å². The molecular weight excluding hydrogens is 242 g/mol. The van der Waals surface area contributed by atoms with Crippen LogP contribution in [0.2, 0.25) is 0 Å². The van der Waals surface area contributed by atoms with Crippen molar-refractivity contribution in [1.82, 2.24) is 0 Å². The molecule has 2 aliphatic rings. The van der Waals surface area contributed by atoms with Gasteiger partial charge in [0.1, 0.15) is 5.82 Å². The minimum Gasteiger partial charge on any atom is -0.490 e. The molecule has 0 spiro atoms. The van der Waals surface area contributed by atoms with Crippen LogP contribution in [-0.2, 0) is 9.53 Å². The number of carbonyl (C=O) groups is 1. The summed E-state index contributed by atoms with van der Waals surface area (Å²) in [7, 11) is 0. The first-order chi connectivity index (χ1) is 8.65. The van der Waals surface area contributed by atoms with Crippen molar-refractivity contribution in [3.63, 3.8) is 0 Å². The lowest BCUT2D eigenvalue weighted by Gasteiger charge is -2.17. The van der Waals surface area contributed by atoms with Gasteiger partial charge in [-0.15, -0.1) is 0 Å². The predicted molar refractivity (Wildman–Crippen MR) is 58.2 cm³/mol. The molecule has 0 bridgehead atoms. The topological polar surface area (TPSA) is 35.5 Å². The van der Waals surface area contributed by atoms with Gasteiger partial charge < -0.3 is 9.47 Å². The first-order valence-electron chi connectivity index (χ1n) is 5.92. The van der Waals surface area contributed by atoms with E-state index in [1.165, 1.54) is 0 Å². The molecule has 1 aliphatic heterocycles. The van der Waals surface area contributed by atoms with Crippen LogP contribution in [0.5, 0.6) is 5.75 Å². The number of hydrogen-bond donors (Lipinski definition) is 0. The third-order valence-corrected chi connectivity index (χ3v) is 3.58. The zero-order valence-corrected chi connectivity index (χ0v) is 9.78. The normalized spacial score (nSPS) is 27.8. The Kier molecular flexibility index (Phi) is 2.50. The third-order valence-electron chi connectivity index (χ3n) is 3.58. The average Bonchev–Trinajstić information content (AvgIpc) is 3.08. The second-order valence-electron chi connectivity index (χ2n) is 4.55. The molecule has 5 heteroatoms. The highest BCUT2D eigenvalue weighted by atomic mass is 19.1. The van der Waals surface area contributed by atoms with Gasteiger partial charge in [-0.3, -0.25) is 4.79 Å². The molecular formula is C13H12F2O3. The highest BCUT2D eigenvalue weighted by Gasteiger charge is 2.61. The number of esters is 1. The minimum absolute atomic E-state index is 0.0527. The Hall–Kier alpha value is -1.65. The number of carbonyl (C=O) groups excluding carboxylic acids is 1. The molecule has 96 valence electrons. The molecule has 0 aromatic heterocycles. The summed E-state index contributed by atoms with van der Waals surface area (Å²) in [5, 5.41) is 0. The van der Waals surface area contributed by atoms with Gasteiger partial charge in [-0.1, -0.05) is 0 Å². The maximum Gasteiger partial charge on any atom is 0.309 e. The second-order valence-corrected chi connectivity index (χ2v) is 4.55.